The number of hydrogen-bond donors (Lipinski definition) is 1. The summed E-state index contributed by atoms with van der Waals surface area (Å²) in [5.74, 6) is 0. The van der Waals surface area contributed by atoms with Crippen LogP contribution in [0, 0.1) is 0 Å². The molecule has 114 valence electrons. The molecule has 1 amide bonds. The number of amides is 1. The Labute approximate surface area is 125 Å². The number of aromatic nitrogens is 1. The lowest BCUT2D eigenvalue weighted by Gasteiger charge is -2.36. The maximum absolute atomic E-state index is 12.3. The fourth-order valence-corrected chi connectivity index (χ4v) is 2.16. The first kappa shape index (κ1) is 16.8. The van der Waals surface area contributed by atoms with Gasteiger partial charge < -0.3 is 15.0 Å². The Morgan fingerprint density at radius 1 is 1.35 bits per heavy atom. The van der Waals surface area contributed by atoms with E-state index in [-0.39, 0.29) is 11.6 Å². The average Bonchev–Trinajstić information content (AvgIpc) is 2.72. The summed E-state index contributed by atoms with van der Waals surface area (Å²) < 4.78 is 5.46. The molecule has 0 saturated heterocycles. The largest absolute Gasteiger partial charge is 0.444 e. The third kappa shape index (κ3) is 5.77. The second-order valence-electron chi connectivity index (χ2n) is 6.57. The fraction of sp³-hybridized carbons (Fsp3) is 0.714. The van der Waals surface area contributed by atoms with E-state index in [0.717, 1.165) is 5.13 Å². The van der Waals surface area contributed by atoms with Crippen molar-refractivity contribution < 1.29 is 9.53 Å². The van der Waals surface area contributed by atoms with E-state index in [2.05, 4.69) is 10.3 Å². The Balaban J connectivity index is 2.58. The molecule has 20 heavy (non-hydrogen) atoms. The van der Waals surface area contributed by atoms with Crippen LogP contribution in [0.15, 0.2) is 11.6 Å². The van der Waals surface area contributed by atoms with Gasteiger partial charge in [-0.3, -0.25) is 0 Å². The number of carbonyl (C=O) groups excluding carboxylic acids is 1. The molecule has 0 atom stereocenters. The zero-order chi connectivity index (χ0) is 15.4. The molecule has 1 aromatic rings. The fourth-order valence-electron chi connectivity index (χ4n) is 1.60. The molecule has 0 aromatic carbocycles. The molecule has 0 saturated carbocycles. The van der Waals surface area contributed by atoms with Crippen molar-refractivity contribution in [1.29, 1.82) is 0 Å². The highest BCUT2D eigenvalue weighted by atomic mass is 32.1. The number of ether oxygens (including phenoxy) is 1. The first-order chi connectivity index (χ1) is 9.09. The van der Waals surface area contributed by atoms with E-state index in [1.165, 1.54) is 0 Å². The Morgan fingerprint density at radius 2 is 2.00 bits per heavy atom. The highest BCUT2D eigenvalue weighted by Gasteiger charge is 2.30. The molecular formula is C14H25N3O2S. The van der Waals surface area contributed by atoms with Gasteiger partial charge >= 0.3 is 6.09 Å². The lowest BCUT2D eigenvalue weighted by Crippen LogP contribution is -2.49. The van der Waals surface area contributed by atoms with Gasteiger partial charge in [-0.25, -0.2) is 9.78 Å². The molecule has 1 N–H and O–H groups in total. The van der Waals surface area contributed by atoms with Gasteiger partial charge in [0.2, 0.25) is 0 Å². The molecule has 0 aliphatic carbocycles. The number of nitrogens with one attached hydrogen (secondary N) is 1. The van der Waals surface area contributed by atoms with Crippen LogP contribution in [0.2, 0.25) is 0 Å². The Hall–Kier alpha value is -1.30. The van der Waals surface area contributed by atoms with Crippen LogP contribution in [0.25, 0.3) is 0 Å². The minimum Gasteiger partial charge on any atom is -0.444 e. The second-order valence-corrected chi connectivity index (χ2v) is 7.46. The third-order valence-electron chi connectivity index (χ3n) is 2.47. The van der Waals surface area contributed by atoms with Crippen molar-refractivity contribution in [1.82, 2.24) is 9.88 Å². The van der Waals surface area contributed by atoms with Gasteiger partial charge in [-0.1, -0.05) is 0 Å². The minimum atomic E-state index is -0.483. The van der Waals surface area contributed by atoms with E-state index < -0.39 is 5.60 Å². The van der Waals surface area contributed by atoms with Crippen LogP contribution in [0.3, 0.4) is 0 Å². The maximum Gasteiger partial charge on any atom is 0.410 e. The van der Waals surface area contributed by atoms with Gasteiger partial charge in [0.25, 0.3) is 0 Å². The molecule has 1 rings (SSSR count). The van der Waals surface area contributed by atoms with Gasteiger partial charge in [0.1, 0.15) is 5.60 Å². The standard InChI is InChI=1S/C14H25N3O2S/c1-13(2,3)17(12(18)19-14(4,5)6)9-7-15-11-16-8-10-20-11/h8,10H,7,9H2,1-6H3,(H,15,16). The maximum atomic E-state index is 12.3. The van der Waals surface area contributed by atoms with E-state index in [0.29, 0.717) is 13.1 Å². The SMILES string of the molecule is CC(C)(C)OC(=O)N(CCNc1nccs1)C(C)(C)C. The number of hydrogen-bond acceptors (Lipinski definition) is 5. The van der Waals surface area contributed by atoms with Gasteiger partial charge in [-0.15, -0.1) is 11.3 Å². The molecule has 0 unspecified atom stereocenters. The molecule has 0 aliphatic rings. The molecule has 1 heterocycles. The Morgan fingerprint density at radius 3 is 2.45 bits per heavy atom. The molecule has 0 radical (unpaired) electrons. The van der Waals surface area contributed by atoms with Crippen LogP contribution < -0.4 is 5.32 Å². The monoisotopic (exact) mass is 299 g/mol. The lowest BCUT2D eigenvalue weighted by atomic mass is 10.1. The third-order valence-corrected chi connectivity index (χ3v) is 3.20. The molecule has 0 spiro atoms. The van der Waals surface area contributed by atoms with Crippen molar-refractivity contribution in [3.63, 3.8) is 0 Å². The highest BCUT2D eigenvalue weighted by molar-refractivity contribution is 7.13. The van der Waals surface area contributed by atoms with Crippen molar-refractivity contribution in [3.05, 3.63) is 11.6 Å². The van der Waals surface area contributed by atoms with Gasteiger partial charge in [0.05, 0.1) is 0 Å². The number of rotatable bonds is 4. The number of carbonyl (C=O) groups is 1. The molecule has 6 heteroatoms. The van der Waals surface area contributed by atoms with Crippen LogP contribution in [-0.2, 0) is 4.74 Å². The van der Waals surface area contributed by atoms with E-state index in [9.17, 15) is 4.79 Å². The number of anilines is 1. The van der Waals surface area contributed by atoms with Crippen LogP contribution >= 0.6 is 11.3 Å². The van der Waals surface area contributed by atoms with Gasteiger partial charge in [-0.2, -0.15) is 0 Å². The van der Waals surface area contributed by atoms with Crippen LogP contribution in [0.1, 0.15) is 41.5 Å². The van der Waals surface area contributed by atoms with Crippen LogP contribution in [0.4, 0.5) is 9.93 Å². The van der Waals surface area contributed by atoms with Gasteiger partial charge in [0, 0.05) is 30.2 Å². The van der Waals surface area contributed by atoms with E-state index in [4.69, 9.17) is 4.74 Å². The predicted octanol–water partition coefficient (Wildman–Crippen LogP) is 3.59. The van der Waals surface area contributed by atoms with Crippen molar-refractivity contribution in [2.45, 2.75) is 52.7 Å². The van der Waals surface area contributed by atoms with E-state index >= 15 is 0 Å². The van der Waals surface area contributed by atoms with Crippen LogP contribution in [0.5, 0.6) is 0 Å². The molecule has 0 bridgehead atoms. The molecule has 5 nitrogen and oxygen atoms in total. The summed E-state index contributed by atoms with van der Waals surface area (Å²) in [7, 11) is 0. The summed E-state index contributed by atoms with van der Waals surface area (Å²) in [5.41, 5.74) is -0.768. The quantitative estimate of drug-likeness (QED) is 0.923. The second kappa shape index (κ2) is 6.43. The van der Waals surface area contributed by atoms with Crippen molar-refractivity contribution in [3.8, 4) is 0 Å². The van der Waals surface area contributed by atoms with E-state index in [1.807, 2.05) is 46.9 Å². The van der Waals surface area contributed by atoms with Gasteiger partial charge in [0.15, 0.2) is 5.13 Å². The number of nitrogens with zero attached hydrogens (tertiary/aromatic N) is 2. The average molecular weight is 299 g/mol. The van der Waals surface area contributed by atoms with Crippen molar-refractivity contribution >= 4 is 22.6 Å². The number of thiazole rings is 1. The summed E-state index contributed by atoms with van der Waals surface area (Å²) in [4.78, 5) is 18.1. The molecule has 0 aliphatic heterocycles. The van der Waals surface area contributed by atoms with E-state index in [1.54, 1.807) is 22.4 Å². The molecule has 0 fully saturated rings. The molecular weight excluding hydrogens is 274 g/mol. The zero-order valence-electron chi connectivity index (χ0n) is 13.2. The van der Waals surface area contributed by atoms with Crippen molar-refractivity contribution in [2.24, 2.45) is 0 Å². The van der Waals surface area contributed by atoms with Crippen molar-refractivity contribution in [2.75, 3.05) is 18.4 Å². The Kier molecular flexibility index (Phi) is 5.39. The predicted molar refractivity (Wildman–Crippen MR) is 83.3 cm³/mol. The first-order valence-corrected chi connectivity index (χ1v) is 7.61. The zero-order valence-corrected chi connectivity index (χ0v) is 14.0. The normalized spacial score (nSPS) is 12.1. The summed E-state index contributed by atoms with van der Waals surface area (Å²) in [5, 5.41) is 5.98. The molecule has 1 aromatic heterocycles. The lowest BCUT2D eigenvalue weighted by molar-refractivity contribution is 0.00749. The Bertz CT molecular complexity index is 419. The van der Waals surface area contributed by atoms with Crippen LogP contribution in [-0.4, -0.2) is 40.2 Å². The topological polar surface area (TPSA) is 54.5 Å². The summed E-state index contributed by atoms with van der Waals surface area (Å²) in [6.07, 6.45) is 1.47. The first-order valence-electron chi connectivity index (χ1n) is 6.73. The summed E-state index contributed by atoms with van der Waals surface area (Å²) >= 11 is 1.54. The smallest absolute Gasteiger partial charge is 0.410 e. The van der Waals surface area contributed by atoms with Gasteiger partial charge in [-0.05, 0) is 41.5 Å². The summed E-state index contributed by atoms with van der Waals surface area (Å²) in [6, 6.07) is 0. The summed E-state index contributed by atoms with van der Waals surface area (Å²) in [6.45, 7) is 12.8. The minimum absolute atomic E-state index is 0.285. The highest BCUT2D eigenvalue weighted by Crippen LogP contribution is 2.18.